The highest BCUT2D eigenvalue weighted by atomic mass is 19.4. The first-order chi connectivity index (χ1) is 7.55. The second kappa shape index (κ2) is 5.89. The van der Waals surface area contributed by atoms with Gasteiger partial charge >= 0.3 is 6.18 Å². The molecule has 1 aromatic rings. The number of benzene rings is 1. The van der Waals surface area contributed by atoms with E-state index >= 15 is 0 Å². The fraction of sp³-hybridized carbons (Fsp3) is 0.500. The molecular weight excluding hydrogens is 215 g/mol. The molecule has 0 atom stereocenters. The van der Waals surface area contributed by atoms with Crippen LogP contribution in [-0.2, 0) is 12.7 Å². The van der Waals surface area contributed by atoms with Crippen molar-refractivity contribution in [2.45, 2.75) is 32.5 Å². The van der Waals surface area contributed by atoms with Crippen LogP contribution in [0.3, 0.4) is 0 Å². The Balaban J connectivity index is 2.65. The lowest BCUT2D eigenvalue weighted by Gasteiger charge is -2.12. The summed E-state index contributed by atoms with van der Waals surface area (Å²) in [4.78, 5) is 0. The van der Waals surface area contributed by atoms with E-state index in [9.17, 15) is 13.2 Å². The molecule has 0 saturated heterocycles. The lowest BCUT2D eigenvalue weighted by Crippen LogP contribution is -2.18. The summed E-state index contributed by atoms with van der Waals surface area (Å²) in [6, 6.07) is 5.68. The number of alkyl halides is 3. The van der Waals surface area contributed by atoms with E-state index in [4.69, 9.17) is 0 Å². The van der Waals surface area contributed by atoms with Gasteiger partial charge < -0.3 is 5.32 Å². The van der Waals surface area contributed by atoms with Crippen molar-refractivity contribution < 1.29 is 13.2 Å². The Labute approximate surface area is 93.7 Å². The van der Waals surface area contributed by atoms with E-state index in [2.05, 4.69) is 5.32 Å². The van der Waals surface area contributed by atoms with E-state index < -0.39 is 11.7 Å². The molecule has 16 heavy (non-hydrogen) atoms. The molecule has 0 aliphatic heterocycles. The van der Waals surface area contributed by atoms with Crippen molar-refractivity contribution in [1.82, 2.24) is 5.32 Å². The van der Waals surface area contributed by atoms with Gasteiger partial charge in [-0.25, -0.2) is 0 Å². The molecule has 1 N–H and O–H groups in total. The summed E-state index contributed by atoms with van der Waals surface area (Å²) in [5.74, 6) is 0. The van der Waals surface area contributed by atoms with Gasteiger partial charge in [0.2, 0.25) is 0 Å². The van der Waals surface area contributed by atoms with Crippen LogP contribution in [0.15, 0.2) is 24.3 Å². The van der Waals surface area contributed by atoms with Crippen molar-refractivity contribution in [3.05, 3.63) is 35.4 Å². The number of halogens is 3. The monoisotopic (exact) mass is 231 g/mol. The van der Waals surface area contributed by atoms with Crippen LogP contribution in [0, 0.1) is 0 Å². The molecule has 1 rings (SSSR count). The lowest BCUT2D eigenvalue weighted by molar-refractivity contribution is -0.138. The molecule has 0 fully saturated rings. The molecule has 0 aliphatic carbocycles. The van der Waals surface area contributed by atoms with Crippen molar-refractivity contribution >= 4 is 0 Å². The fourth-order valence-corrected chi connectivity index (χ4v) is 1.48. The third-order valence-corrected chi connectivity index (χ3v) is 2.35. The molecular formula is C12H16F3N. The van der Waals surface area contributed by atoms with Gasteiger partial charge in [-0.05, 0) is 24.6 Å². The zero-order valence-electron chi connectivity index (χ0n) is 9.27. The normalized spacial score (nSPS) is 11.8. The fourth-order valence-electron chi connectivity index (χ4n) is 1.48. The summed E-state index contributed by atoms with van der Waals surface area (Å²) in [6.45, 7) is 3.07. The Kier molecular flexibility index (Phi) is 4.80. The van der Waals surface area contributed by atoms with Crippen LogP contribution in [-0.4, -0.2) is 6.54 Å². The predicted molar refractivity (Wildman–Crippen MR) is 58.1 cm³/mol. The SMILES string of the molecule is CCCCNCc1ccccc1C(F)(F)F. The summed E-state index contributed by atoms with van der Waals surface area (Å²) in [6.07, 6.45) is -2.24. The first-order valence-corrected chi connectivity index (χ1v) is 5.41. The molecule has 1 nitrogen and oxygen atoms in total. The van der Waals surface area contributed by atoms with Crippen LogP contribution in [0.2, 0.25) is 0 Å². The zero-order chi connectivity index (χ0) is 12.0. The summed E-state index contributed by atoms with van der Waals surface area (Å²) in [7, 11) is 0. The van der Waals surface area contributed by atoms with Crippen molar-refractivity contribution in [3.8, 4) is 0 Å². The Morgan fingerprint density at radius 3 is 2.50 bits per heavy atom. The molecule has 0 saturated carbocycles. The van der Waals surface area contributed by atoms with Crippen molar-refractivity contribution in [1.29, 1.82) is 0 Å². The highest BCUT2D eigenvalue weighted by Gasteiger charge is 2.32. The van der Waals surface area contributed by atoms with E-state index in [1.807, 2.05) is 6.92 Å². The summed E-state index contributed by atoms with van der Waals surface area (Å²) < 4.78 is 37.8. The van der Waals surface area contributed by atoms with Crippen LogP contribution >= 0.6 is 0 Å². The topological polar surface area (TPSA) is 12.0 Å². The number of unbranched alkanes of at least 4 members (excludes halogenated alkanes) is 1. The summed E-state index contributed by atoms with van der Waals surface area (Å²) in [5, 5.41) is 3.02. The second-order valence-corrected chi connectivity index (χ2v) is 3.69. The van der Waals surface area contributed by atoms with Crippen molar-refractivity contribution in [2.75, 3.05) is 6.54 Å². The first-order valence-electron chi connectivity index (χ1n) is 5.41. The Hall–Kier alpha value is -1.03. The molecule has 0 amide bonds. The van der Waals surface area contributed by atoms with E-state index in [1.54, 1.807) is 6.07 Å². The molecule has 0 aromatic heterocycles. The van der Waals surface area contributed by atoms with Crippen LogP contribution in [0.4, 0.5) is 13.2 Å². The minimum Gasteiger partial charge on any atom is -0.313 e. The third kappa shape index (κ3) is 3.85. The van der Waals surface area contributed by atoms with Gasteiger partial charge in [0.1, 0.15) is 0 Å². The Morgan fingerprint density at radius 2 is 1.88 bits per heavy atom. The number of rotatable bonds is 5. The van der Waals surface area contributed by atoms with Gasteiger partial charge in [-0.15, -0.1) is 0 Å². The van der Waals surface area contributed by atoms with Gasteiger partial charge in [0.25, 0.3) is 0 Å². The molecule has 0 heterocycles. The highest BCUT2D eigenvalue weighted by molar-refractivity contribution is 5.29. The van der Waals surface area contributed by atoms with E-state index in [0.29, 0.717) is 5.56 Å². The molecule has 90 valence electrons. The quantitative estimate of drug-likeness (QED) is 0.763. The van der Waals surface area contributed by atoms with Gasteiger partial charge in [0, 0.05) is 6.54 Å². The van der Waals surface area contributed by atoms with Gasteiger partial charge in [-0.3, -0.25) is 0 Å². The van der Waals surface area contributed by atoms with Gasteiger partial charge in [-0.1, -0.05) is 31.5 Å². The third-order valence-electron chi connectivity index (χ3n) is 2.35. The van der Waals surface area contributed by atoms with Gasteiger partial charge in [-0.2, -0.15) is 13.2 Å². The van der Waals surface area contributed by atoms with Crippen molar-refractivity contribution in [3.63, 3.8) is 0 Å². The number of hydrogen-bond acceptors (Lipinski definition) is 1. The predicted octanol–water partition coefficient (Wildman–Crippen LogP) is 3.60. The van der Waals surface area contributed by atoms with Crippen LogP contribution in [0.25, 0.3) is 0 Å². The second-order valence-electron chi connectivity index (χ2n) is 3.69. The Bertz CT molecular complexity index is 320. The molecule has 1 aromatic carbocycles. The highest BCUT2D eigenvalue weighted by Crippen LogP contribution is 2.31. The maximum atomic E-state index is 12.6. The molecule has 0 radical (unpaired) electrons. The smallest absolute Gasteiger partial charge is 0.313 e. The van der Waals surface area contributed by atoms with Crippen LogP contribution in [0.5, 0.6) is 0 Å². The summed E-state index contributed by atoms with van der Waals surface area (Å²) >= 11 is 0. The first kappa shape index (κ1) is 13.0. The molecule has 0 bridgehead atoms. The largest absolute Gasteiger partial charge is 0.416 e. The average Bonchev–Trinajstić information content (AvgIpc) is 2.24. The van der Waals surface area contributed by atoms with Crippen LogP contribution in [0.1, 0.15) is 30.9 Å². The molecule has 4 heteroatoms. The standard InChI is InChI=1S/C12H16F3N/c1-2-3-8-16-9-10-6-4-5-7-11(10)12(13,14)15/h4-7,16H,2-3,8-9H2,1H3. The van der Waals surface area contributed by atoms with E-state index in [0.717, 1.165) is 25.5 Å². The van der Waals surface area contributed by atoms with E-state index in [1.165, 1.54) is 12.1 Å². The zero-order valence-corrected chi connectivity index (χ0v) is 9.27. The van der Waals surface area contributed by atoms with Gasteiger partial charge in [0.15, 0.2) is 0 Å². The van der Waals surface area contributed by atoms with Crippen molar-refractivity contribution in [2.24, 2.45) is 0 Å². The Morgan fingerprint density at radius 1 is 1.19 bits per heavy atom. The maximum absolute atomic E-state index is 12.6. The van der Waals surface area contributed by atoms with Gasteiger partial charge in [0.05, 0.1) is 5.56 Å². The molecule has 0 unspecified atom stereocenters. The minimum absolute atomic E-state index is 0.273. The van der Waals surface area contributed by atoms with Crippen LogP contribution < -0.4 is 5.32 Å². The average molecular weight is 231 g/mol. The molecule has 0 aliphatic rings. The molecule has 0 spiro atoms. The minimum atomic E-state index is -4.26. The summed E-state index contributed by atoms with van der Waals surface area (Å²) in [5.41, 5.74) is -0.231. The number of hydrogen-bond donors (Lipinski definition) is 1. The maximum Gasteiger partial charge on any atom is 0.416 e. The van der Waals surface area contributed by atoms with E-state index in [-0.39, 0.29) is 6.54 Å². The lowest BCUT2D eigenvalue weighted by atomic mass is 10.1. The number of nitrogens with one attached hydrogen (secondary N) is 1.